The van der Waals surface area contributed by atoms with E-state index in [-0.39, 0.29) is 5.57 Å². The number of esters is 1. The molecular weight excluding hydrogens is 334 g/mol. The third-order valence-corrected chi connectivity index (χ3v) is 4.85. The van der Waals surface area contributed by atoms with Crippen LogP contribution in [0.3, 0.4) is 0 Å². The highest BCUT2D eigenvalue weighted by Crippen LogP contribution is 2.24. The molecule has 0 aliphatic rings. The van der Waals surface area contributed by atoms with Gasteiger partial charge in [0, 0.05) is 0 Å². The van der Waals surface area contributed by atoms with Crippen LogP contribution in [0.5, 0.6) is 0 Å². The van der Waals surface area contributed by atoms with Gasteiger partial charge in [-0.1, -0.05) is 80.9 Å². The molecule has 0 saturated heterocycles. The fourth-order valence-electron chi connectivity index (χ4n) is 2.96. The molecule has 0 spiro atoms. The quantitative estimate of drug-likeness (QED) is 0.325. The summed E-state index contributed by atoms with van der Waals surface area (Å²) in [6.45, 7) is 4.69. The highest BCUT2D eigenvalue weighted by molar-refractivity contribution is 5.97. The van der Waals surface area contributed by atoms with E-state index in [4.69, 9.17) is 4.74 Å². The molecule has 3 heteroatoms. The van der Waals surface area contributed by atoms with E-state index in [0.717, 1.165) is 24.8 Å². The first kappa shape index (κ1) is 20.5. The van der Waals surface area contributed by atoms with Gasteiger partial charge >= 0.3 is 5.97 Å². The molecule has 0 heterocycles. The summed E-state index contributed by atoms with van der Waals surface area (Å²) >= 11 is 0. The first-order valence-electron chi connectivity index (χ1n) is 9.53. The Labute approximate surface area is 162 Å². The summed E-state index contributed by atoms with van der Waals surface area (Å²) in [5.74, 6) is 0.233. The largest absolute Gasteiger partial charge is 0.461 e. The molecule has 0 aliphatic carbocycles. The van der Waals surface area contributed by atoms with E-state index in [1.807, 2.05) is 42.5 Å². The first-order valence-corrected chi connectivity index (χ1v) is 9.53. The molecule has 2 unspecified atom stereocenters. The van der Waals surface area contributed by atoms with Crippen LogP contribution < -0.4 is 0 Å². The monoisotopic (exact) mass is 361 g/mol. The molecule has 0 fully saturated rings. The van der Waals surface area contributed by atoms with Crippen LogP contribution in [0.2, 0.25) is 0 Å². The minimum absolute atomic E-state index is 0.0358. The SMILES string of the molecule is CCC(CCC(C)c1ccccc1)COC(=O)C(C#N)=Cc1ccccc1. The van der Waals surface area contributed by atoms with Crippen molar-refractivity contribution in [3.05, 3.63) is 77.4 Å². The van der Waals surface area contributed by atoms with Gasteiger partial charge in [0.25, 0.3) is 0 Å². The smallest absolute Gasteiger partial charge is 0.348 e. The molecule has 2 aromatic carbocycles. The Morgan fingerprint density at radius 3 is 2.30 bits per heavy atom. The highest BCUT2D eigenvalue weighted by atomic mass is 16.5. The second-order valence-electron chi connectivity index (χ2n) is 6.84. The zero-order valence-electron chi connectivity index (χ0n) is 16.1. The van der Waals surface area contributed by atoms with Crippen molar-refractivity contribution in [2.24, 2.45) is 5.92 Å². The number of hydrogen-bond acceptors (Lipinski definition) is 3. The van der Waals surface area contributed by atoms with Crippen molar-refractivity contribution in [3.8, 4) is 6.07 Å². The number of hydrogen-bond donors (Lipinski definition) is 0. The molecule has 0 amide bonds. The van der Waals surface area contributed by atoms with E-state index in [2.05, 4.69) is 38.1 Å². The van der Waals surface area contributed by atoms with E-state index in [1.165, 1.54) is 5.56 Å². The van der Waals surface area contributed by atoms with Gasteiger partial charge in [0.05, 0.1) is 6.61 Å². The maximum absolute atomic E-state index is 12.2. The normalized spacial score (nSPS) is 13.4. The lowest BCUT2D eigenvalue weighted by atomic mass is 9.91. The fourth-order valence-corrected chi connectivity index (χ4v) is 2.96. The van der Waals surface area contributed by atoms with Crippen molar-refractivity contribution in [2.75, 3.05) is 6.61 Å². The third-order valence-electron chi connectivity index (χ3n) is 4.85. The zero-order valence-corrected chi connectivity index (χ0v) is 16.1. The Hall–Kier alpha value is -2.86. The van der Waals surface area contributed by atoms with Crippen molar-refractivity contribution in [3.63, 3.8) is 0 Å². The summed E-state index contributed by atoms with van der Waals surface area (Å²) in [6, 6.07) is 21.7. The van der Waals surface area contributed by atoms with E-state index < -0.39 is 5.97 Å². The average molecular weight is 361 g/mol. The molecule has 0 radical (unpaired) electrons. The number of ether oxygens (including phenoxy) is 1. The Morgan fingerprint density at radius 1 is 1.07 bits per heavy atom. The van der Waals surface area contributed by atoms with Gasteiger partial charge < -0.3 is 4.74 Å². The molecule has 2 atom stereocenters. The van der Waals surface area contributed by atoms with Crippen LogP contribution >= 0.6 is 0 Å². The summed E-state index contributed by atoms with van der Waals surface area (Å²) in [5, 5.41) is 9.26. The molecule has 2 aromatic rings. The number of carbonyl (C=O) groups excluding carboxylic acids is 1. The van der Waals surface area contributed by atoms with Crippen LogP contribution in [0, 0.1) is 17.2 Å². The second-order valence-corrected chi connectivity index (χ2v) is 6.84. The lowest BCUT2D eigenvalue weighted by Crippen LogP contribution is -2.15. The van der Waals surface area contributed by atoms with E-state index in [1.54, 1.807) is 6.08 Å². The molecule has 2 rings (SSSR count). The predicted octanol–water partition coefficient (Wildman–Crippen LogP) is 5.75. The predicted molar refractivity (Wildman–Crippen MR) is 109 cm³/mol. The standard InChI is InChI=1S/C24H27NO2/c1-3-20(15-14-19(2)22-12-8-5-9-13-22)18-27-24(26)23(17-25)16-21-10-6-4-7-11-21/h4-13,16,19-20H,3,14-15,18H2,1-2H3. The Kier molecular flexibility index (Phi) is 8.32. The third kappa shape index (κ3) is 6.75. The summed E-state index contributed by atoms with van der Waals surface area (Å²) in [7, 11) is 0. The van der Waals surface area contributed by atoms with E-state index in [9.17, 15) is 10.1 Å². The summed E-state index contributed by atoms with van der Waals surface area (Å²) in [4.78, 5) is 12.2. The maximum atomic E-state index is 12.2. The van der Waals surface area contributed by atoms with Crippen molar-refractivity contribution in [1.29, 1.82) is 5.26 Å². The van der Waals surface area contributed by atoms with Gasteiger partial charge in [-0.2, -0.15) is 5.26 Å². The maximum Gasteiger partial charge on any atom is 0.348 e. The average Bonchev–Trinajstić information content (AvgIpc) is 2.73. The Balaban J connectivity index is 1.86. The van der Waals surface area contributed by atoms with Crippen molar-refractivity contribution in [2.45, 2.75) is 39.0 Å². The number of rotatable bonds is 9. The lowest BCUT2D eigenvalue weighted by molar-refractivity contribution is -0.139. The van der Waals surface area contributed by atoms with Crippen LogP contribution in [0.4, 0.5) is 0 Å². The van der Waals surface area contributed by atoms with Gasteiger partial charge in [-0.05, 0) is 41.9 Å². The molecule has 0 bridgehead atoms. The van der Waals surface area contributed by atoms with E-state index in [0.29, 0.717) is 18.4 Å². The molecular formula is C24H27NO2. The molecule has 0 N–H and O–H groups in total. The molecule has 0 saturated carbocycles. The van der Waals surface area contributed by atoms with Gasteiger partial charge in [0.2, 0.25) is 0 Å². The summed E-state index contributed by atoms with van der Waals surface area (Å²) in [5.41, 5.74) is 2.19. The lowest BCUT2D eigenvalue weighted by Gasteiger charge is -2.18. The minimum atomic E-state index is -0.545. The van der Waals surface area contributed by atoms with Gasteiger partial charge in [0.1, 0.15) is 11.6 Å². The van der Waals surface area contributed by atoms with Crippen molar-refractivity contribution < 1.29 is 9.53 Å². The van der Waals surface area contributed by atoms with Gasteiger partial charge in [0.15, 0.2) is 0 Å². The number of nitrogens with zero attached hydrogens (tertiary/aromatic N) is 1. The summed E-state index contributed by atoms with van der Waals surface area (Å²) in [6.07, 6.45) is 4.55. The highest BCUT2D eigenvalue weighted by Gasteiger charge is 2.16. The number of nitriles is 1. The van der Waals surface area contributed by atoms with Gasteiger partial charge in [-0.25, -0.2) is 4.79 Å². The van der Waals surface area contributed by atoms with Crippen molar-refractivity contribution >= 4 is 12.0 Å². The Bertz CT molecular complexity index is 775. The van der Waals surface area contributed by atoms with Gasteiger partial charge in [-0.3, -0.25) is 0 Å². The fraction of sp³-hybridized carbons (Fsp3) is 0.333. The van der Waals surface area contributed by atoms with Crippen molar-refractivity contribution in [1.82, 2.24) is 0 Å². The number of carbonyl (C=O) groups is 1. The molecule has 3 nitrogen and oxygen atoms in total. The van der Waals surface area contributed by atoms with Crippen LogP contribution in [0.25, 0.3) is 6.08 Å². The Morgan fingerprint density at radius 2 is 1.70 bits per heavy atom. The second kappa shape index (κ2) is 11.0. The van der Waals surface area contributed by atoms with Crippen LogP contribution in [0.15, 0.2) is 66.2 Å². The molecule has 0 aliphatic heterocycles. The van der Waals surface area contributed by atoms with Crippen LogP contribution in [0.1, 0.15) is 50.2 Å². The zero-order chi connectivity index (χ0) is 19.5. The summed E-state index contributed by atoms with van der Waals surface area (Å²) < 4.78 is 5.43. The van der Waals surface area contributed by atoms with Crippen LogP contribution in [-0.2, 0) is 9.53 Å². The van der Waals surface area contributed by atoms with Crippen LogP contribution in [-0.4, -0.2) is 12.6 Å². The minimum Gasteiger partial charge on any atom is -0.461 e. The molecule has 0 aromatic heterocycles. The van der Waals surface area contributed by atoms with Gasteiger partial charge in [-0.15, -0.1) is 0 Å². The molecule has 27 heavy (non-hydrogen) atoms. The topological polar surface area (TPSA) is 50.1 Å². The first-order chi connectivity index (χ1) is 13.1. The van der Waals surface area contributed by atoms with E-state index >= 15 is 0 Å². The number of benzene rings is 2. The molecule has 140 valence electrons.